The number of benzene rings is 1. The minimum Gasteiger partial charge on any atom is -0.295 e. The van der Waals surface area contributed by atoms with Crippen molar-refractivity contribution in [2.24, 2.45) is 0 Å². The zero-order chi connectivity index (χ0) is 12.0. The molecule has 3 nitrogen and oxygen atoms in total. The van der Waals surface area contributed by atoms with Crippen molar-refractivity contribution in [3.63, 3.8) is 0 Å². The van der Waals surface area contributed by atoms with Crippen LogP contribution >= 0.6 is 15.9 Å². The van der Waals surface area contributed by atoms with Crippen LogP contribution in [0.2, 0.25) is 0 Å². The molecule has 0 amide bonds. The minimum absolute atomic E-state index is 0.0952. The van der Waals surface area contributed by atoms with E-state index in [1.165, 1.54) is 0 Å². The number of hydrogen-bond acceptors (Lipinski definition) is 2. The van der Waals surface area contributed by atoms with Gasteiger partial charge >= 0.3 is 0 Å². The molecule has 2 aromatic rings. The molecule has 1 aromatic carbocycles. The smallest absolute Gasteiger partial charge is 0.261 e. The maximum atomic E-state index is 12.4. The summed E-state index contributed by atoms with van der Waals surface area (Å²) in [5, 5.41) is 0.732. The Balaban J connectivity index is 2.39. The number of halogens is 1. The molecule has 17 heavy (non-hydrogen) atoms. The summed E-state index contributed by atoms with van der Waals surface area (Å²) in [4.78, 5) is 17.2. The zero-order valence-corrected chi connectivity index (χ0v) is 11.2. The number of hydrogen-bond donors (Lipinski definition) is 0. The van der Waals surface area contributed by atoms with Crippen molar-refractivity contribution in [1.82, 2.24) is 9.55 Å². The van der Waals surface area contributed by atoms with E-state index in [1.807, 2.05) is 29.7 Å². The van der Waals surface area contributed by atoms with E-state index in [1.54, 1.807) is 0 Å². The first-order valence-corrected chi connectivity index (χ1v) is 6.73. The second-order valence-corrected chi connectivity index (χ2v) is 5.66. The average Bonchev–Trinajstić information content (AvgIpc) is 2.32. The predicted octanol–water partition coefficient (Wildman–Crippen LogP) is 2.93. The Morgan fingerprint density at radius 3 is 3.12 bits per heavy atom. The molecule has 0 unspecified atom stereocenters. The van der Waals surface area contributed by atoms with E-state index in [0.29, 0.717) is 0 Å². The van der Waals surface area contributed by atoms with Gasteiger partial charge in [-0.1, -0.05) is 27.6 Å². The monoisotopic (exact) mass is 292 g/mol. The molecule has 0 radical (unpaired) electrons. The summed E-state index contributed by atoms with van der Waals surface area (Å²) in [6.07, 6.45) is 2.08. The van der Waals surface area contributed by atoms with Crippen LogP contribution in [0, 0.1) is 6.92 Å². The van der Waals surface area contributed by atoms with E-state index in [2.05, 4.69) is 20.9 Å². The van der Waals surface area contributed by atoms with Crippen molar-refractivity contribution in [1.29, 1.82) is 0 Å². The van der Waals surface area contributed by atoms with E-state index < -0.39 is 0 Å². The predicted molar refractivity (Wildman–Crippen MR) is 71.6 cm³/mol. The summed E-state index contributed by atoms with van der Waals surface area (Å²) in [5.74, 6) is 0.873. The van der Waals surface area contributed by atoms with Crippen LogP contribution in [0.4, 0.5) is 0 Å². The second-order valence-electron chi connectivity index (χ2n) is 4.56. The fraction of sp³-hybridized carbons (Fsp3) is 0.385. The second kappa shape index (κ2) is 3.95. The number of aromatic nitrogens is 2. The molecule has 1 aliphatic heterocycles. The van der Waals surface area contributed by atoms with Gasteiger partial charge in [0.1, 0.15) is 5.82 Å². The van der Waals surface area contributed by atoms with Crippen LogP contribution < -0.4 is 5.56 Å². The molecule has 0 bridgehead atoms. The highest BCUT2D eigenvalue weighted by molar-refractivity contribution is 9.09. The summed E-state index contributed by atoms with van der Waals surface area (Å²) >= 11 is 3.60. The third-order valence-electron chi connectivity index (χ3n) is 3.26. The quantitative estimate of drug-likeness (QED) is 0.700. The van der Waals surface area contributed by atoms with Gasteiger partial charge in [0.15, 0.2) is 0 Å². The van der Waals surface area contributed by atoms with Crippen LogP contribution in [0.5, 0.6) is 0 Å². The lowest BCUT2D eigenvalue weighted by atomic mass is 10.1. The van der Waals surface area contributed by atoms with Gasteiger partial charge in [-0.05, 0) is 31.9 Å². The standard InChI is InChI=1S/C13H13BrN2O/c1-8-4-5-11-9(7-8)13(17)16-6-2-3-10(14)12(16)15-11/h4-5,7,10H,2-3,6H2,1H3/t10-/m1/s1. The Bertz CT molecular complexity index is 648. The van der Waals surface area contributed by atoms with E-state index in [4.69, 9.17) is 0 Å². The number of aryl methyl sites for hydroxylation is 1. The third-order valence-corrected chi connectivity index (χ3v) is 4.13. The van der Waals surface area contributed by atoms with E-state index in [9.17, 15) is 4.79 Å². The summed E-state index contributed by atoms with van der Waals surface area (Å²) < 4.78 is 1.81. The van der Waals surface area contributed by atoms with Crippen LogP contribution in [0.15, 0.2) is 23.0 Å². The van der Waals surface area contributed by atoms with Crippen molar-refractivity contribution in [2.45, 2.75) is 31.1 Å². The fourth-order valence-corrected chi connectivity index (χ4v) is 3.04. The summed E-state index contributed by atoms with van der Waals surface area (Å²) in [5.41, 5.74) is 2.00. The van der Waals surface area contributed by atoms with Gasteiger partial charge < -0.3 is 0 Å². The van der Waals surface area contributed by atoms with Gasteiger partial charge in [-0.25, -0.2) is 4.98 Å². The molecule has 4 heteroatoms. The van der Waals surface area contributed by atoms with Gasteiger partial charge in [-0.3, -0.25) is 9.36 Å². The first-order chi connectivity index (χ1) is 8.16. The number of alkyl halides is 1. The summed E-state index contributed by atoms with van der Waals surface area (Å²) in [6, 6.07) is 5.86. The summed E-state index contributed by atoms with van der Waals surface area (Å²) in [7, 11) is 0. The molecule has 2 heterocycles. The number of rotatable bonds is 0. The number of fused-ring (bicyclic) bond motifs is 2. The van der Waals surface area contributed by atoms with E-state index in [0.717, 1.165) is 41.7 Å². The van der Waals surface area contributed by atoms with Gasteiger partial charge in [-0.2, -0.15) is 0 Å². The van der Waals surface area contributed by atoms with E-state index >= 15 is 0 Å². The lowest BCUT2D eigenvalue weighted by molar-refractivity contribution is 0.498. The molecular weight excluding hydrogens is 280 g/mol. The minimum atomic E-state index is 0.0952. The molecule has 0 fully saturated rings. The average molecular weight is 293 g/mol. The Morgan fingerprint density at radius 2 is 2.29 bits per heavy atom. The van der Waals surface area contributed by atoms with Crippen LogP contribution in [-0.4, -0.2) is 9.55 Å². The molecular formula is C13H13BrN2O. The van der Waals surface area contributed by atoms with Crippen LogP contribution in [0.3, 0.4) is 0 Å². The lowest BCUT2D eigenvalue weighted by Crippen LogP contribution is -2.29. The van der Waals surface area contributed by atoms with Crippen molar-refractivity contribution in [3.8, 4) is 0 Å². The van der Waals surface area contributed by atoms with Crippen molar-refractivity contribution < 1.29 is 0 Å². The molecule has 1 aliphatic rings. The topological polar surface area (TPSA) is 34.9 Å². The maximum absolute atomic E-state index is 12.4. The third kappa shape index (κ3) is 1.71. The van der Waals surface area contributed by atoms with E-state index in [-0.39, 0.29) is 10.4 Å². The molecule has 0 N–H and O–H groups in total. The first kappa shape index (κ1) is 11.0. The van der Waals surface area contributed by atoms with Gasteiger partial charge in [0, 0.05) is 6.54 Å². The summed E-state index contributed by atoms with van der Waals surface area (Å²) in [6.45, 7) is 2.78. The molecule has 3 rings (SSSR count). The van der Waals surface area contributed by atoms with Crippen molar-refractivity contribution in [2.75, 3.05) is 0 Å². The highest BCUT2D eigenvalue weighted by atomic mass is 79.9. The Kier molecular flexibility index (Phi) is 2.54. The van der Waals surface area contributed by atoms with Gasteiger partial charge in [-0.15, -0.1) is 0 Å². The molecule has 0 aliphatic carbocycles. The molecule has 1 aromatic heterocycles. The van der Waals surface area contributed by atoms with Gasteiger partial charge in [0.2, 0.25) is 0 Å². The zero-order valence-electron chi connectivity index (χ0n) is 9.61. The molecule has 0 saturated carbocycles. The number of nitrogens with zero attached hydrogens (tertiary/aromatic N) is 2. The molecule has 1 atom stereocenters. The lowest BCUT2D eigenvalue weighted by Gasteiger charge is -2.22. The highest BCUT2D eigenvalue weighted by Gasteiger charge is 2.21. The molecule has 0 spiro atoms. The molecule has 88 valence electrons. The van der Waals surface area contributed by atoms with Crippen LogP contribution in [0.1, 0.15) is 29.1 Å². The molecule has 0 saturated heterocycles. The highest BCUT2D eigenvalue weighted by Crippen LogP contribution is 2.30. The van der Waals surface area contributed by atoms with Gasteiger partial charge in [0.05, 0.1) is 15.7 Å². The Hall–Kier alpha value is -1.16. The SMILES string of the molecule is Cc1ccc2nc3n(c(=O)c2c1)CCC[C@H]3Br. The Morgan fingerprint density at radius 1 is 1.47 bits per heavy atom. The largest absolute Gasteiger partial charge is 0.295 e. The van der Waals surface area contributed by atoms with Crippen LogP contribution in [-0.2, 0) is 6.54 Å². The Labute approximate surface area is 108 Å². The van der Waals surface area contributed by atoms with Crippen molar-refractivity contribution >= 4 is 26.8 Å². The van der Waals surface area contributed by atoms with Crippen LogP contribution in [0.25, 0.3) is 10.9 Å². The normalized spacial score (nSPS) is 19.3. The van der Waals surface area contributed by atoms with Crippen molar-refractivity contribution in [3.05, 3.63) is 39.9 Å². The maximum Gasteiger partial charge on any atom is 0.261 e. The fourth-order valence-electron chi connectivity index (χ4n) is 2.36. The first-order valence-electron chi connectivity index (χ1n) is 5.82. The van der Waals surface area contributed by atoms with Gasteiger partial charge in [0.25, 0.3) is 5.56 Å².